The van der Waals surface area contributed by atoms with Crippen molar-refractivity contribution in [2.45, 2.75) is 39.5 Å². The minimum atomic E-state index is -0.0873. The van der Waals surface area contributed by atoms with Crippen molar-refractivity contribution in [1.82, 2.24) is 0 Å². The summed E-state index contributed by atoms with van der Waals surface area (Å²) in [6.07, 6.45) is -0.175. The monoisotopic (exact) mass is 492 g/mol. The summed E-state index contributed by atoms with van der Waals surface area (Å²) in [4.78, 5) is 0. The van der Waals surface area contributed by atoms with E-state index in [0.717, 1.165) is 33.4 Å². The zero-order valence-electron chi connectivity index (χ0n) is 21.6. The van der Waals surface area contributed by atoms with Crippen LogP contribution in [0.3, 0.4) is 0 Å². The largest absolute Gasteiger partial charge is 0.416 e. The van der Waals surface area contributed by atoms with Gasteiger partial charge in [0.25, 0.3) is 0 Å². The Morgan fingerprint density at radius 1 is 0.568 bits per heavy atom. The molecule has 0 fully saturated rings. The van der Waals surface area contributed by atoms with Crippen LogP contribution in [0.25, 0.3) is 0 Å². The second kappa shape index (κ2) is 14.3. The lowest BCUT2D eigenvalue weighted by molar-refractivity contribution is 0.107. The van der Waals surface area contributed by atoms with E-state index in [1.54, 1.807) is 0 Å². The van der Waals surface area contributed by atoms with E-state index in [4.69, 9.17) is 14.0 Å². The van der Waals surface area contributed by atoms with Crippen molar-refractivity contribution in [2.24, 2.45) is 0 Å². The highest BCUT2D eigenvalue weighted by Gasteiger charge is 2.07. The highest BCUT2D eigenvalue weighted by atomic mass is 16.5. The molecular formula is C30H34B2N2O3. The number of ether oxygens (including phenoxy) is 1. The first-order chi connectivity index (χ1) is 18.1. The van der Waals surface area contributed by atoms with Gasteiger partial charge in [0.1, 0.15) is 12.5 Å². The molecule has 0 saturated carbocycles. The van der Waals surface area contributed by atoms with Crippen molar-refractivity contribution >= 4 is 37.3 Å². The van der Waals surface area contributed by atoms with Gasteiger partial charge in [-0.25, -0.2) is 0 Å². The fourth-order valence-electron chi connectivity index (χ4n) is 3.97. The summed E-state index contributed by atoms with van der Waals surface area (Å²) in [5.74, 6) is 0. The quantitative estimate of drug-likeness (QED) is 0.203. The topological polar surface area (TPSA) is 51.8 Å². The van der Waals surface area contributed by atoms with Gasteiger partial charge >= 0.3 is 15.0 Å². The van der Waals surface area contributed by atoms with Crippen LogP contribution in [0.15, 0.2) is 109 Å². The van der Waals surface area contributed by atoms with E-state index in [9.17, 15) is 0 Å². The molecule has 2 unspecified atom stereocenters. The lowest BCUT2D eigenvalue weighted by Crippen LogP contribution is -2.27. The summed E-state index contributed by atoms with van der Waals surface area (Å²) in [6.45, 7) is 5.12. The van der Waals surface area contributed by atoms with Crippen LogP contribution < -0.4 is 21.6 Å². The zero-order valence-corrected chi connectivity index (χ0v) is 21.6. The van der Waals surface area contributed by atoms with Crippen LogP contribution in [0.5, 0.6) is 0 Å². The fourth-order valence-corrected chi connectivity index (χ4v) is 3.97. The molecule has 2 N–H and O–H groups in total. The Morgan fingerprint density at radius 3 is 1.43 bits per heavy atom. The molecule has 0 bridgehead atoms. The molecule has 4 aromatic carbocycles. The summed E-state index contributed by atoms with van der Waals surface area (Å²) in [7, 11) is 1.07. The second-order valence-corrected chi connectivity index (χ2v) is 9.06. The van der Waals surface area contributed by atoms with Gasteiger partial charge in [-0.1, -0.05) is 95.9 Å². The van der Waals surface area contributed by atoms with Crippen molar-refractivity contribution < 1.29 is 14.0 Å². The molecule has 0 aliphatic carbocycles. The number of rotatable bonds is 14. The van der Waals surface area contributed by atoms with Crippen molar-refractivity contribution in [3.05, 3.63) is 120 Å². The molecule has 7 heteroatoms. The molecule has 4 aromatic rings. The molecule has 0 radical (unpaired) electrons. The zero-order chi connectivity index (χ0) is 25.7. The molecular weight excluding hydrogens is 458 g/mol. The van der Waals surface area contributed by atoms with Crippen molar-refractivity contribution in [1.29, 1.82) is 0 Å². The smallest absolute Gasteiger partial charge is 0.311 e. The van der Waals surface area contributed by atoms with Gasteiger partial charge in [-0.3, -0.25) is 0 Å². The molecule has 5 nitrogen and oxygen atoms in total. The van der Waals surface area contributed by atoms with E-state index in [1.165, 1.54) is 0 Å². The maximum atomic E-state index is 6.02. The first kappa shape index (κ1) is 26.6. The lowest BCUT2D eigenvalue weighted by atomic mass is 9.87. The first-order valence-electron chi connectivity index (χ1n) is 12.7. The first-order valence-corrected chi connectivity index (χ1v) is 12.7. The standard InChI is InChI=1S/C30H34B2N2O3/c1-23(33-29-15-5-3-6-16-29)36-31-27-13-9-11-25(19-27)21-35-22-26-12-10-14-28(20-26)32-37-24(2)34-30-17-7-4-8-18-30/h3-20,23-24,31-34H,21-22H2,1-2H3. The Labute approximate surface area is 221 Å². The van der Waals surface area contributed by atoms with Gasteiger partial charge in [0, 0.05) is 11.4 Å². The van der Waals surface area contributed by atoms with Gasteiger partial charge in [-0.2, -0.15) is 0 Å². The summed E-state index contributed by atoms with van der Waals surface area (Å²) in [5, 5.41) is 6.70. The second-order valence-electron chi connectivity index (χ2n) is 9.06. The highest BCUT2D eigenvalue weighted by molar-refractivity contribution is 6.47. The predicted octanol–water partition coefficient (Wildman–Crippen LogP) is 4.31. The van der Waals surface area contributed by atoms with Crippen LogP contribution in [0.2, 0.25) is 0 Å². The van der Waals surface area contributed by atoms with Crippen LogP contribution in [-0.2, 0) is 27.3 Å². The van der Waals surface area contributed by atoms with E-state index in [-0.39, 0.29) is 12.5 Å². The number of hydrogen-bond acceptors (Lipinski definition) is 5. The Balaban J connectivity index is 1.19. The molecule has 37 heavy (non-hydrogen) atoms. The Morgan fingerprint density at radius 2 is 1.00 bits per heavy atom. The van der Waals surface area contributed by atoms with Crippen LogP contribution in [-0.4, -0.2) is 27.4 Å². The Bertz CT molecular complexity index is 1120. The summed E-state index contributed by atoms with van der Waals surface area (Å²) in [5.41, 5.74) is 6.60. The van der Waals surface area contributed by atoms with E-state index < -0.39 is 0 Å². The number of benzene rings is 4. The SMILES string of the molecule is CC(Nc1ccccc1)OBc1cccc(COCc2cccc(BOC(C)Nc3ccccc3)c2)c1. The molecule has 2 atom stereocenters. The maximum Gasteiger partial charge on any atom is 0.311 e. The minimum absolute atomic E-state index is 0.0873. The number of anilines is 2. The molecule has 188 valence electrons. The number of hydrogen-bond donors (Lipinski definition) is 2. The molecule has 4 rings (SSSR count). The third-order valence-corrected chi connectivity index (χ3v) is 5.81. The van der Waals surface area contributed by atoms with Gasteiger partial charge in [0.05, 0.1) is 13.2 Å². The Hall–Kier alpha value is -3.51. The van der Waals surface area contributed by atoms with Crippen molar-refractivity contribution in [3.8, 4) is 0 Å². The lowest BCUT2D eigenvalue weighted by Gasteiger charge is -2.16. The van der Waals surface area contributed by atoms with E-state index in [1.807, 2.05) is 74.5 Å². The highest BCUT2D eigenvalue weighted by Crippen LogP contribution is 2.09. The average Bonchev–Trinajstić information content (AvgIpc) is 2.92. The number of para-hydroxylation sites is 2. The molecule has 0 aliphatic rings. The molecule has 0 heterocycles. The predicted molar refractivity (Wildman–Crippen MR) is 156 cm³/mol. The maximum absolute atomic E-state index is 6.02. The van der Waals surface area contributed by atoms with E-state index in [0.29, 0.717) is 28.2 Å². The Kier molecular flexibility index (Phi) is 10.3. The molecule has 0 spiro atoms. The number of nitrogens with one attached hydrogen (secondary N) is 2. The average molecular weight is 492 g/mol. The van der Waals surface area contributed by atoms with Gasteiger partial charge < -0.3 is 24.7 Å². The third kappa shape index (κ3) is 9.46. The van der Waals surface area contributed by atoms with Crippen molar-refractivity contribution in [2.75, 3.05) is 10.6 Å². The van der Waals surface area contributed by atoms with Gasteiger partial charge in [0.15, 0.2) is 0 Å². The normalized spacial score (nSPS) is 12.4. The molecule has 0 saturated heterocycles. The van der Waals surface area contributed by atoms with Gasteiger partial charge in [-0.15, -0.1) is 0 Å². The summed E-state index contributed by atoms with van der Waals surface area (Å²) in [6, 6.07) is 36.9. The molecule has 0 aliphatic heterocycles. The van der Waals surface area contributed by atoms with Crippen LogP contribution >= 0.6 is 0 Å². The van der Waals surface area contributed by atoms with Gasteiger partial charge in [-0.05, 0) is 49.2 Å². The molecule has 0 amide bonds. The summed E-state index contributed by atoms with van der Waals surface area (Å²) < 4.78 is 18.0. The third-order valence-electron chi connectivity index (χ3n) is 5.81. The summed E-state index contributed by atoms with van der Waals surface area (Å²) >= 11 is 0. The van der Waals surface area contributed by atoms with Crippen LogP contribution in [0.4, 0.5) is 11.4 Å². The van der Waals surface area contributed by atoms with E-state index >= 15 is 0 Å². The minimum Gasteiger partial charge on any atom is -0.416 e. The van der Waals surface area contributed by atoms with Crippen molar-refractivity contribution in [3.63, 3.8) is 0 Å². The van der Waals surface area contributed by atoms with Crippen LogP contribution in [0, 0.1) is 0 Å². The van der Waals surface area contributed by atoms with Crippen LogP contribution in [0.1, 0.15) is 25.0 Å². The fraction of sp³-hybridized carbons (Fsp3) is 0.200. The van der Waals surface area contributed by atoms with Gasteiger partial charge in [0.2, 0.25) is 0 Å². The molecule has 0 aromatic heterocycles. The van der Waals surface area contributed by atoms with E-state index in [2.05, 4.69) is 59.2 Å².